The summed E-state index contributed by atoms with van der Waals surface area (Å²) in [5, 5.41) is 3.10. The summed E-state index contributed by atoms with van der Waals surface area (Å²) in [7, 11) is -1.59. The molecule has 0 amide bonds. The van der Waals surface area contributed by atoms with Crippen molar-refractivity contribution in [1.29, 1.82) is 0 Å². The molecule has 0 aliphatic carbocycles. The molecular formula is C14H29N3O2S. The van der Waals surface area contributed by atoms with Crippen LogP contribution in [0, 0.1) is 0 Å². The standard InChI is InChI=1S/C14H29N3O2S/c1-6-10-17(14(2,3)4)20(18,19)16-11-8-7-9-13(16)12-15-5/h6,13,15H,1,7-12H2,2-5H3. The van der Waals surface area contributed by atoms with Gasteiger partial charge in [-0.15, -0.1) is 6.58 Å². The zero-order valence-corrected chi connectivity index (χ0v) is 14.0. The van der Waals surface area contributed by atoms with Crippen LogP contribution in [0.3, 0.4) is 0 Å². The van der Waals surface area contributed by atoms with Crippen LogP contribution in [0.4, 0.5) is 0 Å². The molecule has 1 atom stereocenters. The molecule has 0 saturated carbocycles. The molecule has 1 saturated heterocycles. The Kier molecular flexibility index (Phi) is 6.19. The smallest absolute Gasteiger partial charge is 0.283 e. The molecule has 0 aromatic rings. The van der Waals surface area contributed by atoms with Gasteiger partial charge in [0.1, 0.15) is 0 Å². The number of hydrogen-bond acceptors (Lipinski definition) is 3. The SMILES string of the molecule is C=CCN(C(C)(C)C)S(=O)(=O)N1CCCCC1CNC. The first-order valence-corrected chi connectivity index (χ1v) is 8.70. The minimum absolute atomic E-state index is 0.0495. The van der Waals surface area contributed by atoms with Crippen LogP contribution in [-0.4, -0.2) is 55.3 Å². The van der Waals surface area contributed by atoms with Crippen molar-refractivity contribution in [3.05, 3.63) is 12.7 Å². The van der Waals surface area contributed by atoms with Crippen molar-refractivity contribution in [3.63, 3.8) is 0 Å². The lowest BCUT2D eigenvalue weighted by Gasteiger charge is -2.42. The van der Waals surface area contributed by atoms with Crippen LogP contribution >= 0.6 is 0 Å². The minimum atomic E-state index is -3.46. The molecular weight excluding hydrogens is 274 g/mol. The third kappa shape index (κ3) is 4.04. The summed E-state index contributed by atoms with van der Waals surface area (Å²) in [5.74, 6) is 0. The molecule has 1 aliphatic rings. The second-order valence-electron chi connectivity index (χ2n) is 6.32. The van der Waals surface area contributed by atoms with E-state index in [4.69, 9.17) is 0 Å². The van der Waals surface area contributed by atoms with Gasteiger partial charge in [0.25, 0.3) is 10.2 Å². The normalized spacial score (nSPS) is 22.1. The van der Waals surface area contributed by atoms with E-state index in [2.05, 4.69) is 11.9 Å². The Bertz CT molecular complexity index is 413. The summed E-state index contributed by atoms with van der Waals surface area (Å²) in [6.45, 7) is 11.1. The lowest BCUT2D eigenvalue weighted by atomic mass is 10.1. The summed E-state index contributed by atoms with van der Waals surface area (Å²) in [6, 6.07) is 0.0495. The van der Waals surface area contributed by atoms with Crippen LogP contribution in [0.1, 0.15) is 40.0 Å². The summed E-state index contributed by atoms with van der Waals surface area (Å²) in [4.78, 5) is 0. The fourth-order valence-corrected chi connectivity index (χ4v) is 4.83. The van der Waals surface area contributed by atoms with E-state index in [9.17, 15) is 8.42 Å². The maximum absolute atomic E-state index is 13.0. The van der Waals surface area contributed by atoms with Crippen molar-refractivity contribution in [1.82, 2.24) is 13.9 Å². The number of piperidine rings is 1. The lowest BCUT2D eigenvalue weighted by Crippen LogP contribution is -2.57. The number of hydrogen-bond donors (Lipinski definition) is 1. The van der Waals surface area contributed by atoms with Crippen molar-refractivity contribution < 1.29 is 8.42 Å². The Labute approximate surface area is 124 Å². The van der Waals surface area contributed by atoms with Gasteiger partial charge in [-0.2, -0.15) is 17.0 Å². The molecule has 0 aromatic carbocycles. The molecule has 1 unspecified atom stereocenters. The van der Waals surface area contributed by atoms with E-state index in [0.717, 1.165) is 19.3 Å². The predicted molar refractivity (Wildman–Crippen MR) is 83.8 cm³/mol. The molecule has 1 heterocycles. The van der Waals surface area contributed by atoms with Crippen LogP contribution in [0.25, 0.3) is 0 Å². The molecule has 0 spiro atoms. The van der Waals surface area contributed by atoms with Crippen molar-refractivity contribution >= 4 is 10.2 Å². The Balaban J connectivity index is 3.06. The predicted octanol–water partition coefficient (Wildman–Crippen LogP) is 1.59. The molecule has 1 N–H and O–H groups in total. The Morgan fingerprint density at radius 2 is 2.05 bits per heavy atom. The second-order valence-corrected chi connectivity index (χ2v) is 8.12. The van der Waals surface area contributed by atoms with Gasteiger partial charge in [-0.1, -0.05) is 12.5 Å². The van der Waals surface area contributed by atoms with E-state index in [0.29, 0.717) is 19.6 Å². The molecule has 1 aliphatic heterocycles. The van der Waals surface area contributed by atoms with Crippen LogP contribution in [-0.2, 0) is 10.2 Å². The molecule has 5 nitrogen and oxygen atoms in total. The molecule has 0 radical (unpaired) electrons. The van der Waals surface area contributed by atoms with Crippen molar-refractivity contribution in [2.75, 3.05) is 26.7 Å². The molecule has 118 valence electrons. The minimum Gasteiger partial charge on any atom is -0.318 e. The first kappa shape index (κ1) is 17.6. The maximum atomic E-state index is 13.0. The van der Waals surface area contributed by atoms with E-state index in [-0.39, 0.29) is 6.04 Å². The fraction of sp³-hybridized carbons (Fsp3) is 0.857. The molecule has 1 fully saturated rings. The van der Waals surface area contributed by atoms with Gasteiger partial charge in [0.05, 0.1) is 0 Å². The van der Waals surface area contributed by atoms with E-state index in [1.165, 1.54) is 0 Å². The molecule has 6 heteroatoms. The average Bonchev–Trinajstić information content (AvgIpc) is 2.35. The number of nitrogens with zero attached hydrogens (tertiary/aromatic N) is 2. The monoisotopic (exact) mass is 303 g/mol. The Morgan fingerprint density at radius 1 is 1.40 bits per heavy atom. The first-order valence-electron chi connectivity index (χ1n) is 7.30. The quantitative estimate of drug-likeness (QED) is 0.758. The molecule has 0 aromatic heterocycles. The van der Waals surface area contributed by atoms with Crippen LogP contribution in [0.15, 0.2) is 12.7 Å². The van der Waals surface area contributed by atoms with E-state index in [1.54, 1.807) is 14.7 Å². The van der Waals surface area contributed by atoms with Gasteiger partial charge >= 0.3 is 0 Å². The molecule has 1 rings (SSSR count). The van der Waals surface area contributed by atoms with Gasteiger partial charge in [-0.25, -0.2) is 0 Å². The van der Waals surface area contributed by atoms with Gasteiger partial charge < -0.3 is 5.32 Å². The highest BCUT2D eigenvalue weighted by Crippen LogP contribution is 2.26. The number of rotatable bonds is 6. The lowest BCUT2D eigenvalue weighted by molar-refractivity contribution is 0.199. The summed E-state index contributed by atoms with van der Waals surface area (Å²) >= 11 is 0. The third-order valence-corrected chi connectivity index (χ3v) is 5.96. The van der Waals surface area contributed by atoms with Gasteiger partial charge in [-0.05, 0) is 40.7 Å². The van der Waals surface area contributed by atoms with E-state index < -0.39 is 15.7 Å². The zero-order chi connectivity index (χ0) is 15.4. The maximum Gasteiger partial charge on any atom is 0.283 e. The van der Waals surface area contributed by atoms with Gasteiger partial charge in [-0.3, -0.25) is 0 Å². The Hall–Kier alpha value is -0.430. The second kappa shape index (κ2) is 7.02. The van der Waals surface area contributed by atoms with E-state index in [1.807, 2.05) is 27.8 Å². The highest BCUT2D eigenvalue weighted by atomic mass is 32.2. The topological polar surface area (TPSA) is 52.7 Å². The van der Waals surface area contributed by atoms with E-state index >= 15 is 0 Å². The highest BCUT2D eigenvalue weighted by molar-refractivity contribution is 7.86. The summed E-state index contributed by atoms with van der Waals surface area (Å²) in [5.41, 5.74) is -0.450. The van der Waals surface area contributed by atoms with Gasteiger partial charge in [0.15, 0.2) is 0 Å². The van der Waals surface area contributed by atoms with Crippen molar-refractivity contribution in [3.8, 4) is 0 Å². The molecule has 20 heavy (non-hydrogen) atoms. The van der Waals surface area contributed by atoms with Gasteiger partial charge in [0.2, 0.25) is 0 Å². The largest absolute Gasteiger partial charge is 0.318 e. The van der Waals surface area contributed by atoms with Crippen LogP contribution in [0.2, 0.25) is 0 Å². The fourth-order valence-electron chi connectivity index (χ4n) is 2.68. The Morgan fingerprint density at radius 3 is 2.55 bits per heavy atom. The summed E-state index contributed by atoms with van der Waals surface area (Å²) in [6.07, 6.45) is 4.60. The molecule has 0 bridgehead atoms. The summed E-state index contributed by atoms with van der Waals surface area (Å²) < 4.78 is 29.2. The first-order chi connectivity index (χ1) is 9.25. The van der Waals surface area contributed by atoms with Gasteiger partial charge in [0, 0.05) is 31.2 Å². The third-order valence-electron chi connectivity index (χ3n) is 3.63. The number of likely N-dealkylation sites (N-methyl/N-ethyl adjacent to an activating group) is 1. The van der Waals surface area contributed by atoms with Crippen LogP contribution < -0.4 is 5.32 Å². The number of nitrogens with one attached hydrogen (secondary N) is 1. The van der Waals surface area contributed by atoms with Crippen molar-refractivity contribution in [2.45, 2.75) is 51.6 Å². The average molecular weight is 303 g/mol. The zero-order valence-electron chi connectivity index (χ0n) is 13.2. The van der Waals surface area contributed by atoms with Crippen LogP contribution in [0.5, 0.6) is 0 Å². The van der Waals surface area contributed by atoms with Crippen molar-refractivity contribution in [2.24, 2.45) is 0 Å². The highest BCUT2D eigenvalue weighted by Gasteiger charge is 2.40.